The van der Waals surface area contributed by atoms with Crippen LogP contribution >= 0.6 is 0 Å². The number of nitrogens with zero attached hydrogens (tertiary/aromatic N) is 7. The van der Waals surface area contributed by atoms with Gasteiger partial charge in [0, 0.05) is 37.1 Å². The van der Waals surface area contributed by atoms with Gasteiger partial charge in [0.1, 0.15) is 11.6 Å². The number of aromatic nitrogens is 6. The standard InChI is InChI=1S/C19H22N8O/c1-14-23-24-25-27(14)12-15-4-6-16(7-5-15)19(28)22-17-3-2-10-26(13-17)18-11-20-8-9-21-18/h4-9,11,17H,2-3,10,12-13H2,1H3,(H,22,28)/t17-/m1/s1. The zero-order valence-electron chi connectivity index (χ0n) is 15.7. The summed E-state index contributed by atoms with van der Waals surface area (Å²) < 4.78 is 1.72. The highest BCUT2D eigenvalue weighted by molar-refractivity contribution is 5.94. The molecule has 0 aliphatic carbocycles. The van der Waals surface area contributed by atoms with E-state index in [0.29, 0.717) is 12.1 Å². The molecule has 0 spiro atoms. The largest absolute Gasteiger partial charge is 0.353 e. The molecule has 0 bridgehead atoms. The average molecular weight is 378 g/mol. The molecular weight excluding hydrogens is 356 g/mol. The van der Waals surface area contributed by atoms with Crippen LogP contribution in [-0.4, -0.2) is 55.2 Å². The van der Waals surface area contributed by atoms with Crippen molar-refractivity contribution in [1.82, 2.24) is 35.5 Å². The number of carbonyl (C=O) groups excluding carboxylic acids is 1. The topological polar surface area (TPSA) is 102 Å². The molecule has 1 N–H and O–H groups in total. The highest BCUT2D eigenvalue weighted by atomic mass is 16.1. The van der Waals surface area contributed by atoms with Crippen molar-refractivity contribution in [3.63, 3.8) is 0 Å². The van der Waals surface area contributed by atoms with Crippen molar-refractivity contribution in [2.75, 3.05) is 18.0 Å². The lowest BCUT2D eigenvalue weighted by molar-refractivity contribution is 0.0933. The quantitative estimate of drug-likeness (QED) is 0.712. The highest BCUT2D eigenvalue weighted by Gasteiger charge is 2.22. The number of carbonyl (C=O) groups is 1. The van der Waals surface area contributed by atoms with Gasteiger partial charge >= 0.3 is 0 Å². The van der Waals surface area contributed by atoms with E-state index in [1.54, 1.807) is 23.3 Å². The minimum absolute atomic E-state index is 0.0591. The van der Waals surface area contributed by atoms with E-state index >= 15 is 0 Å². The van der Waals surface area contributed by atoms with E-state index in [-0.39, 0.29) is 11.9 Å². The number of amides is 1. The number of benzene rings is 1. The maximum Gasteiger partial charge on any atom is 0.251 e. The summed E-state index contributed by atoms with van der Waals surface area (Å²) in [4.78, 5) is 23.3. The molecule has 0 radical (unpaired) electrons. The van der Waals surface area contributed by atoms with Crippen LogP contribution in [0.25, 0.3) is 0 Å². The number of hydrogen-bond donors (Lipinski definition) is 1. The van der Waals surface area contributed by atoms with Crippen LogP contribution in [0.3, 0.4) is 0 Å². The first-order valence-electron chi connectivity index (χ1n) is 9.32. The van der Waals surface area contributed by atoms with Gasteiger partial charge in [-0.1, -0.05) is 12.1 Å². The van der Waals surface area contributed by atoms with Crippen molar-refractivity contribution < 1.29 is 4.79 Å². The highest BCUT2D eigenvalue weighted by Crippen LogP contribution is 2.17. The second-order valence-electron chi connectivity index (χ2n) is 6.90. The maximum atomic E-state index is 12.6. The van der Waals surface area contributed by atoms with Crippen molar-refractivity contribution in [1.29, 1.82) is 0 Å². The molecule has 1 aliphatic heterocycles. The van der Waals surface area contributed by atoms with E-state index in [2.05, 4.69) is 35.7 Å². The van der Waals surface area contributed by atoms with Gasteiger partial charge in [-0.3, -0.25) is 9.78 Å². The monoisotopic (exact) mass is 378 g/mol. The predicted octanol–water partition coefficient (Wildman–Crippen LogP) is 1.22. The van der Waals surface area contributed by atoms with Crippen LogP contribution in [0.4, 0.5) is 5.82 Å². The van der Waals surface area contributed by atoms with Crippen LogP contribution < -0.4 is 10.2 Å². The van der Waals surface area contributed by atoms with Crippen LogP contribution in [-0.2, 0) is 6.54 Å². The molecule has 9 nitrogen and oxygen atoms in total. The molecule has 3 heterocycles. The Morgan fingerprint density at radius 1 is 1.25 bits per heavy atom. The molecule has 3 aromatic rings. The van der Waals surface area contributed by atoms with Crippen molar-refractivity contribution >= 4 is 11.7 Å². The molecule has 1 aliphatic rings. The molecule has 2 aromatic heterocycles. The lowest BCUT2D eigenvalue weighted by Crippen LogP contribution is -2.48. The molecular formula is C19H22N8O. The van der Waals surface area contributed by atoms with Crippen molar-refractivity contribution in [2.45, 2.75) is 32.4 Å². The van der Waals surface area contributed by atoms with Crippen molar-refractivity contribution in [2.24, 2.45) is 0 Å². The van der Waals surface area contributed by atoms with Crippen LogP contribution in [0.2, 0.25) is 0 Å². The van der Waals surface area contributed by atoms with Gasteiger partial charge in [-0.25, -0.2) is 9.67 Å². The first-order valence-corrected chi connectivity index (χ1v) is 9.32. The molecule has 0 saturated carbocycles. The zero-order valence-corrected chi connectivity index (χ0v) is 15.7. The van der Waals surface area contributed by atoms with Crippen molar-refractivity contribution in [3.8, 4) is 0 Å². The zero-order chi connectivity index (χ0) is 19.3. The number of tetrazole rings is 1. The molecule has 1 saturated heterocycles. The summed E-state index contributed by atoms with van der Waals surface area (Å²) in [6.45, 7) is 4.10. The van der Waals surface area contributed by atoms with Gasteiger partial charge in [0.25, 0.3) is 5.91 Å². The summed E-state index contributed by atoms with van der Waals surface area (Å²) in [6, 6.07) is 7.64. The van der Waals surface area contributed by atoms with Gasteiger partial charge < -0.3 is 10.2 Å². The van der Waals surface area contributed by atoms with Crippen LogP contribution in [0.5, 0.6) is 0 Å². The summed E-state index contributed by atoms with van der Waals surface area (Å²) >= 11 is 0. The fraction of sp³-hybridized carbons (Fsp3) is 0.368. The summed E-state index contributed by atoms with van der Waals surface area (Å²) in [5, 5.41) is 14.6. The first-order chi connectivity index (χ1) is 13.7. The fourth-order valence-electron chi connectivity index (χ4n) is 3.36. The van der Waals surface area contributed by atoms with Gasteiger partial charge in [-0.2, -0.15) is 0 Å². The van der Waals surface area contributed by atoms with E-state index in [1.165, 1.54) is 0 Å². The third-order valence-corrected chi connectivity index (χ3v) is 4.89. The Bertz CT molecular complexity index is 925. The second kappa shape index (κ2) is 8.12. The molecule has 4 rings (SSSR count). The molecule has 9 heteroatoms. The van der Waals surface area contributed by atoms with Crippen molar-refractivity contribution in [3.05, 3.63) is 59.8 Å². The van der Waals surface area contributed by atoms with Gasteiger partial charge in [0.15, 0.2) is 0 Å². The van der Waals surface area contributed by atoms with E-state index in [9.17, 15) is 4.79 Å². The van der Waals surface area contributed by atoms with E-state index in [0.717, 1.165) is 43.1 Å². The minimum Gasteiger partial charge on any atom is -0.353 e. The molecule has 1 fully saturated rings. The summed E-state index contributed by atoms with van der Waals surface area (Å²) in [7, 11) is 0. The second-order valence-corrected chi connectivity index (χ2v) is 6.90. The normalized spacial score (nSPS) is 16.8. The fourth-order valence-corrected chi connectivity index (χ4v) is 3.36. The van der Waals surface area contributed by atoms with Crippen LogP contribution in [0, 0.1) is 6.92 Å². The Morgan fingerprint density at radius 3 is 2.82 bits per heavy atom. The van der Waals surface area contributed by atoms with Gasteiger partial charge in [-0.15, -0.1) is 5.10 Å². The Labute approximate surface area is 162 Å². The van der Waals surface area contributed by atoms with E-state index in [4.69, 9.17) is 0 Å². The van der Waals surface area contributed by atoms with E-state index in [1.807, 2.05) is 31.2 Å². The predicted molar refractivity (Wildman–Crippen MR) is 103 cm³/mol. The third kappa shape index (κ3) is 4.13. The van der Waals surface area contributed by atoms with Crippen LogP contribution in [0.15, 0.2) is 42.9 Å². The van der Waals surface area contributed by atoms with Crippen LogP contribution in [0.1, 0.15) is 34.6 Å². The minimum atomic E-state index is -0.0591. The summed E-state index contributed by atoms with van der Waals surface area (Å²) in [6.07, 6.45) is 7.08. The molecule has 1 amide bonds. The summed E-state index contributed by atoms with van der Waals surface area (Å²) in [5.74, 6) is 1.55. The first kappa shape index (κ1) is 18.0. The third-order valence-electron chi connectivity index (χ3n) is 4.89. The summed E-state index contributed by atoms with van der Waals surface area (Å²) in [5.41, 5.74) is 1.69. The van der Waals surface area contributed by atoms with Gasteiger partial charge in [0.05, 0.1) is 12.7 Å². The average Bonchev–Trinajstić information content (AvgIpc) is 3.14. The number of aryl methyl sites for hydroxylation is 1. The Kier molecular flexibility index (Phi) is 5.22. The lowest BCUT2D eigenvalue weighted by Gasteiger charge is -2.33. The van der Waals surface area contributed by atoms with Gasteiger partial charge in [0.2, 0.25) is 0 Å². The van der Waals surface area contributed by atoms with E-state index < -0.39 is 0 Å². The number of nitrogens with one attached hydrogen (secondary N) is 1. The molecule has 28 heavy (non-hydrogen) atoms. The Morgan fingerprint density at radius 2 is 2.11 bits per heavy atom. The lowest BCUT2D eigenvalue weighted by atomic mass is 10.0. The number of piperidine rings is 1. The number of rotatable bonds is 5. The SMILES string of the molecule is Cc1nnnn1Cc1ccc(C(=O)N[C@@H]2CCCN(c3cnccn3)C2)cc1. The smallest absolute Gasteiger partial charge is 0.251 e. The molecule has 1 atom stereocenters. The number of anilines is 1. The molecule has 144 valence electrons. The Hall–Kier alpha value is -3.36. The van der Waals surface area contributed by atoms with Gasteiger partial charge in [-0.05, 0) is 47.9 Å². The maximum absolute atomic E-state index is 12.6. The molecule has 1 aromatic carbocycles. The Balaban J connectivity index is 1.36. The number of hydrogen-bond acceptors (Lipinski definition) is 7. The molecule has 0 unspecified atom stereocenters.